The third-order valence-corrected chi connectivity index (χ3v) is 5.08. The van der Waals surface area contributed by atoms with Crippen molar-refractivity contribution < 1.29 is 14.5 Å². The highest BCUT2D eigenvalue weighted by Crippen LogP contribution is 2.34. The van der Waals surface area contributed by atoms with Crippen LogP contribution >= 0.6 is 23.4 Å². The second-order valence-electron chi connectivity index (χ2n) is 5.40. The van der Waals surface area contributed by atoms with E-state index in [0.29, 0.717) is 41.8 Å². The molecule has 0 unspecified atom stereocenters. The highest BCUT2D eigenvalue weighted by Gasteiger charge is 2.23. The van der Waals surface area contributed by atoms with Crippen LogP contribution in [0.3, 0.4) is 0 Å². The minimum Gasteiger partial charge on any atom is -0.378 e. The van der Waals surface area contributed by atoms with Gasteiger partial charge in [-0.2, -0.15) is 0 Å². The molecule has 0 aliphatic carbocycles. The Bertz CT molecular complexity index is 792. The van der Waals surface area contributed by atoms with Crippen LogP contribution in [0, 0.1) is 10.1 Å². The zero-order valence-corrected chi connectivity index (χ0v) is 14.8. The van der Waals surface area contributed by atoms with Gasteiger partial charge in [0.05, 0.1) is 23.7 Å². The third kappa shape index (κ3) is 4.31. The van der Waals surface area contributed by atoms with Crippen LogP contribution in [0.5, 0.6) is 0 Å². The number of benzene rings is 2. The van der Waals surface area contributed by atoms with Crippen molar-refractivity contribution >= 4 is 35.0 Å². The van der Waals surface area contributed by atoms with Crippen LogP contribution in [-0.2, 0) is 4.74 Å². The first-order chi connectivity index (χ1) is 12.0. The summed E-state index contributed by atoms with van der Waals surface area (Å²) in [5, 5.41) is 11.7. The number of hydrogen-bond donors (Lipinski definition) is 0. The summed E-state index contributed by atoms with van der Waals surface area (Å²) in [6.07, 6.45) is 0. The van der Waals surface area contributed by atoms with Crippen LogP contribution < -0.4 is 0 Å². The molecule has 1 amide bonds. The molecule has 0 bridgehead atoms. The molecule has 0 aromatic heterocycles. The van der Waals surface area contributed by atoms with E-state index in [0.717, 1.165) is 4.90 Å². The molecule has 1 aliphatic rings. The van der Waals surface area contributed by atoms with Crippen LogP contribution in [0.2, 0.25) is 5.02 Å². The van der Waals surface area contributed by atoms with Crippen LogP contribution in [0.25, 0.3) is 0 Å². The molecule has 130 valence electrons. The zero-order chi connectivity index (χ0) is 17.8. The summed E-state index contributed by atoms with van der Waals surface area (Å²) in [6, 6.07) is 11.6. The fourth-order valence-electron chi connectivity index (χ4n) is 2.45. The Morgan fingerprint density at radius 3 is 2.48 bits per heavy atom. The molecule has 2 aromatic rings. The number of rotatable bonds is 4. The SMILES string of the molecule is O=C(c1cc([N+](=O)[O-])ccc1Sc1ccc(Cl)cc1)N1CCOCC1. The summed E-state index contributed by atoms with van der Waals surface area (Å²) < 4.78 is 5.26. The normalized spacial score (nSPS) is 14.4. The van der Waals surface area contributed by atoms with Crippen molar-refractivity contribution in [3.05, 3.63) is 63.2 Å². The fraction of sp³-hybridized carbons (Fsp3) is 0.235. The van der Waals surface area contributed by atoms with Crippen molar-refractivity contribution in [3.8, 4) is 0 Å². The van der Waals surface area contributed by atoms with E-state index in [9.17, 15) is 14.9 Å². The van der Waals surface area contributed by atoms with Crippen molar-refractivity contribution in [2.45, 2.75) is 9.79 Å². The number of nitro benzene ring substituents is 1. The Morgan fingerprint density at radius 1 is 1.16 bits per heavy atom. The average Bonchev–Trinajstić information content (AvgIpc) is 2.64. The monoisotopic (exact) mass is 378 g/mol. The maximum atomic E-state index is 12.9. The Balaban J connectivity index is 1.94. The molecule has 25 heavy (non-hydrogen) atoms. The van der Waals surface area contributed by atoms with Crippen molar-refractivity contribution in [2.24, 2.45) is 0 Å². The molecule has 3 rings (SSSR count). The van der Waals surface area contributed by atoms with E-state index in [1.54, 1.807) is 23.1 Å². The molecule has 0 atom stereocenters. The van der Waals surface area contributed by atoms with Gasteiger partial charge in [-0.3, -0.25) is 14.9 Å². The van der Waals surface area contributed by atoms with E-state index in [4.69, 9.17) is 16.3 Å². The van der Waals surface area contributed by atoms with Crippen LogP contribution in [-0.4, -0.2) is 42.0 Å². The summed E-state index contributed by atoms with van der Waals surface area (Å²) in [5.41, 5.74) is 0.230. The van der Waals surface area contributed by atoms with Crippen molar-refractivity contribution in [2.75, 3.05) is 26.3 Å². The summed E-state index contributed by atoms with van der Waals surface area (Å²) in [6.45, 7) is 1.90. The van der Waals surface area contributed by atoms with E-state index >= 15 is 0 Å². The number of non-ortho nitro benzene ring substituents is 1. The largest absolute Gasteiger partial charge is 0.378 e. The van der Waals surface area contributed by atoms with Gasteiger partial charge in [0.1, 0.15) is 0 Å². The van der Waals surface area contributed by atoms with Crippen LogP contribution in [0.1, 0.15) is 10.4 Å². The Hall–Kier alpha value is -2.09. The van der Waals surface area contributed by atoms with E-state index in [1.807, 2.05) is 12.1 Å². The van der Waals surface area contributed by atoms with Gasteiger partial charge in [0, 0.05) is 40.0 Å². The van der Waals surface area contributed by atoms with Gasteiger partial charge in [-0.25, -0.2) is 0 Å². The van der Waals surface area contributed by atoms with E-state index in [-0.39, 0.29) is 11.6 Å². The molecule has 2 aromatic carbocycles. The molecule has 6 nitrogen and oxygen atoms in total. The molecule has 0 N–H and O–H groups in total. The second-order valence-corrected chi connectivity index (χ2v) is 6.95. The molecule has 8 heteroatoms. The number of morpholine rings is 1. The van der Waals surface area contributed by atoms with E-state index in [2.05, 4.69) is 0 Å². The molecule has 0 saturated carbocycles. The number of carbonyl (C=O) groups is 1. The lowest BCUT2D eigenvalue weighted by Crippen LogP contribution is -2.40. The molecule has 0 spiro atoms. The Kier molecular flexibility index (Phi) is 5.57. The summed E-state index contributed by atoms with van der Waals surface area (Å²) in [7, 11) is 0. The molecular weight excluding hydrogens is 364 g/mol. The van der Waals surface area contributed by atoms with Gasteiger partial charge in [0.25, 0.3) is 11.6 Å². The van der Waals surface area contributed by atoms with E-state index in [1.165, 1.54) is 23.9 Å². The molecule has 1 fully saturated rings. The van der Waals surface area contributed by atoms with Gasteiger partial charge in [-0.05, 0) is 30.3 Å². The molecule has 1 aliphatic heterocycles. The minimum atomic E-state index is -0.493. The van der Waals surface area contributed by atoms with Crippen molar-refractivity contribution in [3.63, 3.8) is 0 Å². The molecular formula is C17H15ClN2O4S. The summed E-state index contributed by atoms with van der Waals surface area (Å²) in [5.74, 6) is -0.219. The maximum Gasteiger partial charge on any atom is 0.270 e. The lowest BCUT2D eigenvalue weighted by molar-refractivity contribution is -0.384. The molecule has 1 saturated heterocycles. The molecule has 0 radical (unpaired) electrons. The van der Waals surface area contributed by atoms with Gasteiger partial charge in [0.2, 0.25) is 0 Å². The standard InChI is InChI=1S/C17H15ClN2O4S/c18-12-1-4-14(5-2-12)25-16-6-3-13(20(22)23)11-15(16)17(21)19-7-9-24-10-8-19/h1-6,11H,7-10H2. The lowest BCUT2D eigenvalue weighted by atomic mass is 10.1. The maximum absolute atomic E-state index is 12.9. The van der Waals surface area contributed by atoms with Crippen LogP contribution in [0.15, 0.2) is 52.3 Å². The smallest absolute Gasteiger partial charge is 0.270 e. The van der Waals surface area contributed by atoms with Crippen molar-refractivity contribution in [1.29, 1.82) is 0 Å². The first kappa shape index (κ1) is 17.7. The van der Waals surface area contributed by atoms with Gasteiger partial charge < -0.3 is 9.64 Å². The predicted octanol–water partition coefficient (Wildman–Crippen LogP) is 3.87. The number of hydrogen-bond acceptors (Lipinski definition) is 5. The second kappa shape index (κ2) is 7.86. The first-order valence-corrected chi connectivity index (χ1v) is 8.83. The van der Waals surface area contributed by atoms with Crippen LogP contribution in [0.4, 0.5) is 5.69 Å². The summed E-state index contributed by atoms with van der Waals surface area (Å²) >= 11 is 7.27. The third-order valence-electron chi connectivity index (χ3n) is 3.74. The number of carbonyl (C=O) groups excluding carboxylic acids is 1. The topological polar surface area (TPSA) is 72.7 Å². The van der Waals surface area contributed by atoms with Gasteiger partial charge >= 0.3 is 0 Å². The van der Waals surface area contributed by atoms with Gasteiger partial charge in [-0.15, -0.1) is 0 Å². The predicted molar refractivity (Wildman–Crippen MR) is 95.4 cm³/mol. The van der Waals surface area contributed by atoms with E-state index < -0.39 is 4.92 Å². The lowest BCUT2D eigenvalue weighted by Gasteiger charge is -2.27. The number of ether oxygens (including phenoxy) is 1. The van der Waals surface area contributed by atoms with Gasteiger partial charge in [0.15, 0.2) is 0 Å². The van der Waals surface area contributed by atoms with Gasteiger partial charge in [-0.1, -0.05) is 23.4 Å². The highest BCUT2D eigenvalue weighted by molar-refractivity contribution is 7.99. The number of amides is 1. The number of halogens is 1. The Labute approximate surface area is 153 Å². The highest BCUT2D eigenvalue weighted by atomic mass is 35.5. The Morgan fingerprint density at radius 2 is 1.84 bits per heavy atom. The molecule has 1 heterocycles. The van der Waals surface area contributed by atoms with Crippen molar-refractivity contribution in [1.82, 2.24) is 4.90 Å². The number of nitrogens with zero attached hydrogens (tertiary/aromatic N) is 2. The number of nitro groups is 1. The zero-order valence-electron chi connectivity index (χ0n) is 13.2. The first-order valence-electron chi connectivity index (χ1n) is 7.63. The summed E-state index contributed by atoms with van der Waals surface area (Å²) in [4.78, 5) is 26.7. The minimum absolute atomic E-state index is 0.0999. The average molecular weight is 379 g/mol. The quantitative estimate of drug-likeness (QED) is 0.596. The fourth-order valence-corrected chi connectivity index (χ4v) is 3.50.